The molecule has 2 aromatic rings. The molecule has 1 atom stereocenters. The van der Waals surface area contributed by atoms with Gasteiger partial charge in [-0.3, -0.25) is 0 Å². The van der Waals surface area contributed by atoms with Crippen LogP contribution in [0.3, 0.4) is 0 Å². The maximum Gasteiger partial charge on any atom is 0.335 e. The fraction of sp³-hybridized carbons (Fsp3) is 0.500. The average molecular weight is 274 g/mol. The zero-order valence-corrected chi connectivity index (χ0v) is 12.4. The Labute approximate surface area is 119 Å². The molecule has 0 spiro atoms. The minimum atomic E-state index is -0.905. The summed E-state index contributed by atoms with van der Waals surface area (Å²) in [6.07, 6.45) is 4.57. The van der Waals surface area contributed by atoms with Gasteiger partial charge >= 0.3 is 5.97 Å². The fourth-order valence-corrected chi connectivity index (χ4v) is 2.68. The topological polar surface area (TPSA) is 55.1 Å². The van der Waals surface area contributed by atoms with Gasteiger partial charge in [0.1, 0.15) is 5.82 Å². The highest BCUT2D eigenvalue weighted by Crippen LogP contribution is 2.28. The van der Waals surface area contributed by atoms with E-state index >= 15 is 0 Å². The largest absolute Gasteiger partial charge is 0.478 e. The van der Waals surface area contributed by atoms with Crippen molar-refractivity contribution in [2.45, 2.75) is 45.4 Å². The fourth-order valence-electron chi connectivity index (χ4n) is 2.68. The third kappa shape index (κ3) is 2.69. The first-order valence-corrected chi connectivity index (χ1v) is 7.28. The van der Waals surface area contributed by atoms with Crippen LogP contribution in [0.15, 0.2) is 18.2 Å². The minimum Gasteiger partial charge on any atom is -0.478 e. The molecule has 4 heteroatoms. The highest BCUT2D eigenvalue weighted by molar-refractivity contribution is 5.92. The number of carbonyl (C=O) groups is 1. The predicted molar refractivity (Wildman–Crippen MR) is 80.2 cm³/mol. The van der Waals surface area contributed by atoms with Gasteiger partial charge < -0.3 is 9.67 Å². The van der Waals surface area contributed by atoms with Crippen molar-refractivity contribution < 1.29 is 9.90 Å². The molecule has 0 amide bonds. The van der Waals surface area contributed by atoms with Crippen molar-refractivity contribution in [3.63, 3.8) is 0 Å². The Hall–Kier alpha value is -1.84. The number of nitrogens with zero attached hydrogens (tertiary/aromatic N) is 2. The number of unbranched alkanes of at least 4 members (excludes halogenated alkanes) is 1. The highest BCUT2D eigenvalue weighted by atomic mass is 16.4. The number of carboxylic acids is 1. The summed E-state index contributed by atoms with van der Waals surface area (Å²) in [7, 11) is 2.01. The number of rotatable bonds is 6. The van der Waals surface area contributed by atoms with Crippen LogP contribution in [-0.4, -0.2) is 20.6 Å². The van der Waals surface area contributed by atoms with Crippen LogP contribution in [0, 0.1) is 0 Å². The molecule has 4 nitrogen and oxygen atoms in total. The molecule has 1 aromatic heterocycles. The van der Waals surface area contributed by atoms with Gasteiger partial charge in [-0.15, -0.1) is 0 Å². The lowest BCUT2D eigenvalue weighted by atomic mass is 9.98. The Morgan fingerprint density at radius 2 is 2.15 bits per heavy atom. The van der Waals surface area contributed by atoms with Gasteiger partial charge in [0, 0.05) is 13.0 Å². The van der Waals surface area contributed by atoms with E-state index in [0.717, 1.165) is 29.7 Å². The third-order valence-electron chi connectivity index (χ3n) is 3.93. The normalized spacial score (nSPS) is 12.8. The van der Waals surface area contributed by atoms with Crippen LogP contribution in [0.4, 0.5) is 0 Å². The highest BCUT2D eigenvalue weighted by Gasteiger charge is 2.17. The lowest BCUT2D eigenvalue weighted by Gasteiger charge is -2.14. The number of aromatic carboxylic acids is 1. The van der Waals surface area contributed by atoms with E-state index in [1.165, 1.54) is 12.8 Å². The van der Waals surface area contributed by atoms with Gasteiger partial charge in [0.2, 0.25) is 0 Å². The van der Waals surface area contributed by atoms with Crippen LogP contribution in [-0.2, 0) is 7.05 Å². The zero-order chi connectivity index (χ0) is 14.7. The molecular weight excluding hydrogens is 252 g/mol. The van der Waals surface area contributed by atoms with Crippen molar-refractivity contribution in [3.8, 4) is 0 Å². The van der Waals surface area contributed by atoms with Crippen molar-refractivity contribution in [1.82, 2.24) is 9.55 Å². The minimum absolute atomic E-state index is 0.295. The quantitative estimate of drug-likeness (QED) is 0.867. The molecule has 0 radical (unpaired) electrons. The summed E-state index contributed by atoms with van der Waals surface area (Å²) in [5.41, 5.74) is 2.07. The number of carboxylic acid groups (broad SMARTS) is 1. The maximum atomic E-state index is 11.0. The molecule has 20 heavy (non-hydrogen) atoms. The Balaban J connectivity index is 2.43. The molecule has 2 rings (SSSR count). The summed E-state index contributed by atoms with van der Waals surface area (Å²) in [5.74, 6) is 0.608. The Morgan fingerprint density at radius 3 is 2.75 bits per heavy atom. The smallest absolute Gasteiger partial charge is 0.335 e. The zero-order valence-electron chi connectivity index (χ0n) is 12.4. The summed E-state index contributed by atoms with van der Waals surface area (Å²) < 4.78 is 2.10. The van der Waals surface area contributed by atoms with Crippen LogP contribution < -0.4 is 0 Å². The molecule has 1 aromatic carbocycles. The molecule has 0 aliphatic rings. The predicted octanol–water partition coefficient (Wildman–Crippen LogP) is 3.96. The number of imidazole rings is 1. The van der Waals surface area contributed by atoms with Gasteiger partial charge in [-0.1, -0.05) is 26.7 Å². The van der Waals surface area contributed by atoms with E-state index in [-0.39, 0.29) is 0 Å². The summed E-state index contributed by atoms with van der Waals surface area (Å²) in [5, 5.41) is 9.06. The lowest BCUT2D eigenvalue weighted by molar-refractivity contribution is 0.0697. The lowest BCUT2D eigenvalue weighted by Crippen LogP contribution is -2.05. The number of fused-ring (bicyclic) bond motifs is 1. The van der Waals surface area contributed by atoms with Crippen LogP contribution >= 0.6 is 0 Å². The molecule has 0 aliphatic heterocycles. The Bertz CT molecular complexity index is 616. The van der Waals surface area contributed by atoms with E-state index in [1.54, 1.807) is 12.1 Å². The molecule has 0 aliphatic carbocycles. The van der Waals surface area contributed by atoms with Gasteiger partial charge in [0.15, 0.2) is 0 Å². The van der Waals surface area contributed by atoms with Crippen molar-refractivity contribution in [2.24, 2.45) is 7.05 Å². The van der Waals surface area contributed by atoms with Crippen molar-refractivity contribution in [3.05, 3.63) is 29.6 Å². The van der Waals surface area contributed by atoms with E-state index in [4.69, 9.17) is 5.11 Å². The van der Waals surface area contributed by atoms with Crippen molar-refractivity contribution >= 4 is 17.0 Å². The summed E-state index contributed by atoms with van der Waals surface area (Å²) >= 11 is 0. The molecule has 108 valence electrons. The average Bonchev–Trinajstić information content (AvgIpc) is 2.77. The van der Waals surface area contributed by atoms with Gasteiger partial charge in [-0.25, -0.2) is 9.78 Å². The Kier molecular flexibility index (Phi) is 4.42. The molecule has 1 unspecified atom stereocenters. The Morgan fingerprint density at radius 1 is 1.40 bits per heavy atom. The monoisotopic (exact) mass is 274 g/mol. The first kappa shape index (κ1) is 14.6. The number of benzene rings is 1. The van der Waals surface area contributed by atoms with E-state index in [2.05, 4.69) is 23.4 Å². The third-order valence-corrected chi connectivity index (χ3v) is 3.93. The van der Waals surface area contributed by atoms with Crippen molar-refractivity contribution in [1.29, 1.82) is 0 Å². The first-order chi connectivity index (χ1) is 9.58. The summed E-state index contributed by atoms with van der Waals surface area (Å²) in [6, 6.07) is 5.15. The van der Waals surface area contributed by atoms with Gasteiger partial charge in [0.25, 0.3) is 0 Å². The second-order valence-electron chi connectivity index (χ2n) is 5.29. The van der Waals surface area contributed by atoms with Crippen LogP contribution in [0.25, 0.3) is 11.0 Å². The van der Waals surface area contributed by atoms with E-state index in [9.17, 15) is 4.79 Å². The van der Waals surface area contributed by atoms with Crippen molar-refractivity contribution in [2.75, 3.05) is 0 Å². The summed E-state index contributed by atoms with van der Waals surface area (Å²) in [6.45, 7) is 4.38. The van der Waals surface area contributed by atoms with Crippen LogP contribution in [0.5, 0.6) is 0 Å². The van der Waals surface area contributed by atoms with Crippen LogP contribution in [0.1, 0.15) is 61.6 Å². The second kappa shape index (κ2) is 6.07. The number of aryl methyl sites for hydroxylation is 1. The summed E-state index contributed by atoms with van der Waals surface area (Å²) in [4.78, 5) is 15.7. The molecule has 0 bridgehead atoms. The van der Waals surface area contributed by atoms with E-state index in [0.29, 0.717) is 11.5 Å². The van der Waals surface area contributed by atoms with E-state index in [1.807, 2.05) is 13.1 Å². The SMILES string of the molecule is CCCCC(CC)c1nc2cc(C(=O)O)ccc2n1C. The van der Waals surface area contributed by atoms with E-state index < -0.39 is 5.97 Å². The number of hydrogen-bond acceptors (Lipinski definition) is 2. The molecular formula is C16H22N2O2. The molecule has 0 saturated heterocycles. The van der Waals surface area contributed by atoms with Gasteiger partial charge in [-0.2, -0.15) is 0 Å². The van der Waals surface area contributed by atoms with Crippen LogP contribution in [0.2, 0.25) is 0 Å². The second-order valence-corrected chi connectivity index (χ2v) is 5.29. The number of aromatic nitrogens is 2. The maximum absolute atomic E-state index is 11.0. The molecule has 0 fully saturated rings. The van der Waals surface area contributed by atoms with Gasteiger partial charge in [0.05, 0.1) is 16.6 Å². The number of hydrogen-bond donors (Lipinski definition) is 1. The first-order valence-electron chi connectivity index (χ1n) is 7.28. The standard InChI is InChI=1S/C16H22N2O2/c1-4-6-7-11(5-2)15-17-13-10-12(16(19)20)8-9-14(13)18(15)3/h8-11H,4-7H2,1-3H3,(H,19,20). The molecule has 0 saturated carbocycles. The van der Waals surface area contributed by atoms with Gasteiger partial charge in [-0.05, 0) is 31.0 Å². The molecule has 1 N–H and O–H groups in total. The molecule has 1 heterocycles.